The number of aliphatic hydroxyl groups is 1. The summed E-state index contributed by atoms with van der Waals surface area (Å²) in [5.41, 5.74) is 1.18. The molecular weight excluding hydrogens is 240 g/mol. The number of rotatable bonds is 3. The predicted molar refractivity (Wildman–Crippen MR) is 71.0 cm³/mol. The maximum Gasteiger partial charge on any atom is 0.0648 e. The van der Waals surface area contributed by atoms with Crippen molar-refractivity contribution in [2.24, 2.45) is 5.92 Å². The molecule has 0 aliphatic heterocycles. The first-order chi connectivity index (χ1) is 7.79. The van der Waals surface area contributed by atoms with Crippen molar-refractivity contribution >= 4 is 29.0 Å². The average molecular weight is 257 g/mol. The number of aliphatic hydroxyl groups excluding tert-OH is 1. The van der Waals surface area contributed by atoms with E-state index in [1.165, 1.54) is 37.7 Å². The van der Waals surface area contributed by atoms with Crippen molar-refractivity contribution < 1.29 is 5.11 Å². The molecule has 1 heterocycles. The molecule has 1 aliphatic rings. The minimum atomic E-state index is 0.181. The molecule has 88 valence electrons. The number of thiophene rings is 1. The van der Waals surface area contributed by atoms with Crippen molar-refractivity contribution in [3.63, 3.8) is 0 Å². The van der Waals surface area contributed by atoms with E-state index >= 15 is 0 Å². The van der Waals surface area contributed by atoms with E-state index in [-0.39, 0.29) is 6.61 Å². The molecule has 0 saturated heterocycles. The second-order valence-corrected chi connectivity index (χ2v) is 5.76. The second-order valence-electron chi connectivity index (χ2n) is 4.38. The van der Waals surface area contributed by atoms with Crippen LogP contribution in [0.15, 0.2) is 17.0 Å². The van der Waals surface area contributed by atoms with E-state index in [0.717, 1.165) is 9.90 Å². The van der Waals surface area contributed by atoms with E-state index in [1.54, 1.807) is 11.3 Å². The molecule has 0 amide bonds. The van der Waals surface area contributed by atoms with Gasteiger partial charge in [-0.3, -0.25) is 0 Å². The van der Waals surface area contributed by atoms with E-state index < -0.39 is 0 Å². The fourth-order valence-corrected chi connectivity index (χ4v) is 3.40. The Morgan fingerprint density at radius 2 is 2.19 bits per heavy atom. The van der Waals surface area contributed by atoms with Gasteiger partial charge >= 0.3 is 0 Å². The highest BCUT2D eigenvalue weighted by atomic mass is 35.5. The summed E-state index contributed by atoms with van der Waals surface area (Å²) in [4.78, 5) is 1.15. The molecule has 1 aromatic rings. The van der Waals surface area contributed by atoms with Crippen molar-refractivity contribution in [3.05, 3.63) is 26.9 Å². The Kier molecular flexibility index (Phi) is 4.45. The Morgan fingerprint density at radius 3 is 2.75 bits per heavy atom. The van der Waals surface area contributed by atoms with E-state index in [4.69, 9.17) is 11.6 Å². The van der Waals surface area contributed by atoms with Crippen LogP contribution in [0.3, 0.4) is 0 Å². The largest absolute Gasteiger partial charge is 0.392 e. The molecule has 0 aromatic carbocycles. The summed E-state index contributed by atoms with van der Waals surface area (Å²) in [5, 5.41) is 12.2. The van der Waals surface area contributed by atoms with Crippen molar-refractivity contribution in [2.75, 3.05) is 6.61 Å². The highest BCUT2D eigenvalue weighted by Gasteiger charge is 2.17. The first-order valence-electron chi connectivity index (χ1n) is 5.85. The van der Waals surface area contributed by atoms with Crippen LogP contribution in [0.2, 0.25) is 5.02 Å². The third-order valence-electron chi connectivity index (χ3n) is 3.23. The number of halogens is 1. The van der Waals surface area contributed by atoms with Gasteiger partial charge in [0.05, 0.1) is 11.6 Å². The molecule has 1 N–H and O–H groups in total. The Balaban J connectivity index is 2.11. The first kappa shape index (κ1) is 12.2. The molecule has 2 rings (SSSR count). The van der Waals surface area contributed by atoms with Gasteiger partial charge in [-0.05, 0) is 36.5 Å². The molecule has 0 spiro atoms. The zero-order valence-electron chi connectivity index (χ0n) is 9.29. The van der Waals surface area contributed by atoms with Gasteiger partial charge in [-0.25, -0.2) is 0 Å². The van der Waals surface area contributed by atoms with Crippen LogP contribution in [0.5, 0.6) is 0 Å². The Bertz CT molecular complexity index is 364. The van der Waals surface area contributed by atoms with E-state index in [0.29, 0.717) is 5.92 Å². The van der Waals surface area contributed by atoms with Crippen LogP contribution in [-0.4, -0.2) is 11.7 Å². The molecule has 1 aliphatic carbocycles. The lowest BCUT2D eigenvalue weighted by atomic mass is 9.84. The highest BCUT2D eigenvalue weighted by molar-refractivity contribution is 7.11. The molecule has 1 nitrogen and oxygen atoms in total. The van der Waals surface area contributed by atoms with Gasteiger partial charge in [-0.1, -0.05) is 30.9 Å². The van der Waals surface area contributed by atoms with Crippen LogP contribution in [-0.2, 0) is 0 Å². The van der Waals surface area contributed by atoms with Crippen molar-refractivity contribution in [1.82, 2.24) is 0 Å². The minimum absolute atomic E-state index is 0.181. The van der Waals surface area contributed by atoms with Gasteiger partial charge in [-0.2, -0.15) is 0 Å². The third-order valence-corrected chi connectivity index (χ3v) is 4.45. The first-order valence-corrected chi connectivity index (χ1v) is 7.10. The number of hydrogen-bond donors (Lipinski definition) is 1. The molecule has 16 heavy (non-hydrogen) atoms. The summed E-state index contributed by atoms with van der Waals surface area (Å²) >= 11 is 7.53. The Hall–Kier alpha value is -0.310. The summed E-state index contributed by atoms with van der Waals surface area (Å²) in [5.74, 6) is 0.583. The highest BCUT2D eigenvalue weighted by Crippen LogP contribution is 2.31. The summed E-state index contributed by atoms with van der Waals surface area (Å²) in [6, 6.07) is 1.96. The summed E-state index contributed by atoms with van der Waals surface area (Å²) < 4.78 is 0. The molecule has 0 atom stereocenters. The monoisotopic (exact) mass is 256 g/mol. The van der Waals surface area contributed by atoms with Gasteiger partial charge in [0.25, 0.3) is 0 Å². The summed E-state index contributed by atoms with van der Waals surface area (Å²) in [7, 11) is 0. The maximum atomic E-state index is 9.45. The SMILES string of the molecule is OCC(=Cc1cc(Cl)cs1)C1CCCCC1. The second kappa shape index (κ2) is 5.85. The molecule has 0 radical (unpaired) electrons. The van der Waals surface area contributed by atoms with Crippen LogP contribution in [0.25, 0.3) is 6.08 Å². The topological polar surface area (TPSA) is 20.2 Å². The van der Waals surface area contributed by atoms with Gasteiger partial charge < -0.3 is 5.11 Å². The van der Waals surface area contributed by atoms with Crippen molar-refractivity contribution in [3.8, 4) is 0 Å². The quantitative estimate of drug-likeness (QED) is 0.852. The zero-order valence-corrected chi connectivity index (χ0v) is 10.9. The molecule has 0 bridgehead atoms. The lowest BCUT2D eigenvalue weighted by Crippen LogP contribution is -2.11. The lowest BCUT2D eigenvalue weighted by molar-refractivity contribution is 0.295. The van der Waals surface area contributed by atoms with Crippen molar-refractivity contribution in [1.29, 1.82) is 0 Å². The standard InChI is InChI=1S/C13H17ClOS/c14-12-7-13(16-9-12)6-11(8-15)10-4-2-1-3-5-10/h6-7,9-10,15H,1-5,8H2. The molecular formula is C13H17ClOS. The molecule has 1 fully saturated rings. The summed E-state index contributed by atoms with van der Waals surface area (Å²) in [6.45, 7) is 0.181. The fourth-order valence-electron chi connectivity index (χ4n) is 2.35. The van der Waals surface area contributed by atoms with Gasteiger partial charge in [0.2, 0.25) is 0 Å². The smallest absolute Gasteiger partial charge is 0.0648 e. The minimum Gasteiger partial charge on any atom is -0.392 e. The predicted octanol–water partition coefficient (Wildman–Crippen LogP) is 4.36. The van der Waals surface area contributed by atoms with E-state index in [1.807, 2.05) is 11.4 Å². The molecule has 3 heteroatoms. The van der Waals surface area contributed by atoms with Gasteiger partial charge in [0.1, 0.15) is 0 Å². The van der Waals surface area contributed by atoms with Crippen LogP contribution < -0.4 is 0 Å². The van der Waals surface area contributed by atoms with Gasteiger partial charge in [0, 0.05) is 10.3 Å². The maximum absolute atomic E-state index is 9.45. The van der Waals surface area contributed by atoms with E-state index in [9.17, 15) is 5.11 Å². The van der Waals surface area contributed by atoms with Crippen LogP contribution in [0.4, 0.5) is 0 Å². The van der Waals surface area contributed by atoms with Crippen molar-refractivity contribution in [2.45, 2.75) is 32.1 Å². The molecule has 1 saturated carbocycles. The van der Waals surface area contributed by atoms with E-state index in [2.05, 4.69) is 6.08 Å². The molecule has 0 unspecified atom stereocenters. The van der Waals surface area contributed by atoms with Gasteiger partial charge in [0.15, 0.2) is 0 Å². The normalized spacial score (nSPS) is 19.0. The lowest BCUT2D eigenvalue weighted by Gasteiger charge is -2.23. The van der Waals surface area contributed by atoms with Crippen LogP contribution >= 0.6 is 22.9 Å². The van der Waals surface area contributed by atoms with Gasteiger partial charge in [-0.15, -0.1) is 11.3 Å². The van der Waals surface area contributed by atoms with Crippen LogP contribution in [0.1, 0.15) is 37.0 Å². The van der Waals surface area contributed by atoms with Crippen LogP contribution in [0, 0.1) is 5.92 Å². The molecule has 1 aromatic heterocycles. The zero-order chi connectivity index (χ0) is 11.4. The third kappa shape index (κ3) is 3.09. The Morgan fingerprint density at radius 1 is 1.44 bits per heavy atom. The fraction of sp³-hybridized carbons (Fsp3) is 0.538. The average Bonchev–Trinajstić information content (AvgIpc) is 2.73. The summed E-state index contributed by atoms with van der Waals surface area (Å²) in [6.07, 6.45) is 8.52. The number of hydrogen-bond acceptors (Lipinski definition) is 2. The Labute approximate surface area is 106 Å².